The van der Waals surface area contributed by atoms with E-state index in [4.69, 9.17) is 9.47 Å². The number of phenolic OH excluding ortho intramolecular Hbond substituents is 1. The largest absolute Gasteiger partial charge is 0.507 e. The van der Waals surface area contributed by atoms with Gasteiger partial charge >= 0.3 is 6.09 Å². The molecule has 7 heteroatoms. The molecule has 0 aromatic heterocycles. The smallest absolute Gasteiger partial charge is 0.415 e. The Morgan fingerprint density at radius 2 is 1.81 bits per heavy atom. The van der Waals surface area contributed by atoms with Gasteiger partial charge in [-0.1, -0.05) is 18.2 Å². The highest BCUT2D eigenvalue weighted by atomic mass is 19.1. The van der Waals surface area contributed by atoms with Crippen LogP contribution >= 0.6 is 0 Å². The number of Topliss-reactive ketones (excluding diaryl/α,β-unsaturated/α-hetero) is 1. The molecule has 1 aliphatic rings. The van der Waals surface area contributed by atoms with E-state index < -0.39 is 24.1 Å². The molecule has 6 nitrogen and oxygen atoms in total. The second kappa shape index (κ2) is 9.09. The lowest BCUT2D eigenvalue weighted by Crippen LogP contribution is -2.29. The summed E-state index contributed by atoms with van der Waals surface area (Å²) in [6.45, 7) is 0. The summed E-state index contributed by atoms with van der Waals surface area (Å²) in [6.07, 6.45) is -0.900. The zero-order valence-electron chi connectivity index (χ0n) is 17.4. The third-order valence-electron chi connectivity index (χ3n) is 5.49. The van der Waals surface area contributed by atoms with Crippen LogP contribution in [0.25, 0.3) is 0 Å². The monoisotopic (exact) mass is 435 g/mol. The fraction of sp³-hybridized carbons (Fsp3) is 0.200. The molecule has 1 fully saturated rings. The van der Waals surface area contributed by atoms with Crippen molar-refractivity contribution in [1.82, 2.24) is 0 Å². The number of cyclic esters (lactones) is 1. The molecule has 0 saturated carbocycles. The van der Waals surface area contributed by atoms with Gasteiger partial charge in [0.15, 0.2) is 5.78 Å². The molecule has 0 spiro atoms. The molecular weight excluding hydrogens is 413 g/mol. The number of nitrogens with zero attached hydrogens (tertiary/aromatic N) is 1. The van der Waals surface area contributed by atoms with Gasteiger partial charge in [-0.25, -0.2) is 9.18 Å². The van der Waals surface area contributed by atoms with Crippen LogP contribution in [0.5, 0.6) is 11.5 Å². The van der Waals surface area contributed by atoms with E-state index in [0.29, 0.717) is 22.6 Å². The van der Waals surface area contributed by atoms with Crippen molar-refractivity contribution in [2.45, 2.75) is 25.0 Å². The van der Waals surface area contributed by atoms with E-state index in [1.165, 1.54) is 42.3 Å². The summed E-state index contributed by atoms with van der Waals surface area (Å²) in [5.74, 6) is -0.161. The van der Waals surface area contributed by atoms with Gasteiger partial charge in [-0.05, 0) is 55.0 Å². The van der Waals surface area contributed by atoms with Gasteiger partial charge in [-0.2, -0.15) is 0 Å². The molecule has 0 unspecified atom stereocenters. The van der Waals surface area contributed by atoms with Crippen molar-refractivity contribution in [1.29, 1.82) is 0 Å². The van der Waals surface area contributed by atoms with Crippen molar-refractivity contribution >= 4 is 17.6 Å². The molecule has 1 aliphatic heterocycles. The van der Waals surface area contributed by atoms with Crippen LogP contribution in [-0.2, 0) is 4.74 Å². The van der Waals surface area contributed by atoms with E-state index in [2.05, 4.69) is 0 Å². The van der Waals surface area contributed by atoms with Gasteiger partial charge in [-0.3, -0.25) is 9.69 Å². The molecule has 3 aromatic carbocycles. The van der Waals surface area contributed by atoms with Crippen molar-refractivity contribution in [3.05, 3.63) is 89.7 Å². The van der Waals surface area contributed by atoms with Crippen molar-refractivity contribution in [3.63, 3.8) is 0 Å². The van der Waals surface area contributed by atoms with Crippen LogP contribution in [0.2, 0.25) is 0 Å². The number of carbonyl (C=O) groups is 2. The number of para-hydroxylation sites is 1. The van der Waals surface area contributed by atoms with Gasteiger partial charge in [0, 0.05) is 29.3 Å². The molecule has 4 rings (SSSR count). The summed E-state index contributed by atoms with van der Waals surface area (Å²) in [5.41, 5.74) is 1.49. The van der Waals surface area contributed by atoms with Crippen LogP contribution in [0.1, 0.15) is 34.8 Å². The lowest BCUT2D eigenvalue weighted by molar-refractivity contribution is 0.0921. The minimum absolute atomic E-state index is 0.0385. The fourth-order valence-electron chi connectivity index (χ4n) is 3.90. The Kier molecular flexibility index (Phi) is 6.07. The van der Waals surface area contributed by atoms with Gasteiger partial charge in [0.2, 0.25) is 0 Å². The normalized spacial score (nSPS) is 17.8. The van der Waals surface area contributed by atoms with Crippen LogP contribution in [0.4, 0.5) is 14.9 Å². The Bertz CT molecular complexity index is 1120. The quantitative estimate of drug-likeness (QED) is 0.512. The van der Waals surface area contributed by atoms with E-state index in [1.807, 2.05) is 6.07 Å². The molecule has 164 valence electrons. The van der Waals surface area contributed by atoms with Gasteiger partial charge in [0.05, 0.1) is 7.11 Å². The number of amides is 1. The molecule has 2 atom stereocenters. The number of ether oxygens (including phenoxy) is 2. The molecule has 3 aromatic rings. The van der Waals surface area contributed by atoms with E-state index in [-0.39, 0.29) is 24.4 Å². The molecule has 0 bridgehead atoms. The Labute approximate surface area is 184 Å². The molecule has 1 N–H and O–H groups in total. The van der Waals surface area contributed by atoms with Crippen molar-refractivity contribution in [2.75, 3.05) is 12.0 Å². The Hall–Kier alpha value is -3.87. The summed E-state index contributed by atoms with van der Waals surface area (Å²) < 4.78 is 24.0. The van der Waals surface area contributed by atoms with Crippen molar-refractivity contribution in [3.8, 4) is 11.5 Å². The highest BCUT2D eigenvalue weighted by Gasteiger charge is 2.44. The maximum atomic E-state index is 13.2. The average molecular weight is 435 g/mol. The maximum absolute atomic E-state index is 13.2. The van der Waals surface area contributed by atoms with E-state index >= 15 is 0 Å². The topological polar surface area (TPSA) is 76.1 Å². The summed E-state index contributed by atoms with van der Waals surface area (Å²) >= 11 is 0. The standard InChI is InChI=1S/C25H22FNO5/c1-31-19-11-12-20(22(29)15-19)24-23(14-13-21(28)16-7-9-17(26)10-8-16)32-25(30)27(24)18-5-3-2-4-6-18/h2-12,15,23-24,29H,13-14H2,1H3/t23-,24-/m1/s1. The summed E-state index contributed by atoms with van der Waals surface area (Å²) in [5, 5.41) is 10.7. The molecule has 1 heterocycles. The number of halogens is 1. The summed E-state index contributed by atoms with van der Waals surface area (Å²) in [7, 11) is 1.50. The van der Waals surface area contributed by atoms with Gasteiger partial charge < -0.3 is 14.6 Å². The Morgan fingerprint density at radius 3 is 2.47 bits per heavy atom. The first-order valence-corrected chi connectivity index (χ1v) is 10.2. The van der Waals surface area contributed by atoms with Crippen LogP contribution < -0.4 is 9.64 Å². The Morgan fingerprint density at radius 1 is 1.09 bits per heavy atom. The zero-order valence-corrected chi connectivity index (χ0v) is 17.4. The lowest BCUT2D eigenvalue weighted by Gasteiger charge is -2.26. The second-order valence-corrected chi connectivity index (χ2v) is 7.47. The van der Waals surface area contributed by atoms with E-state index in [1.54, 1.807) is 36.4 Å². The zero-order chi connectivity index (χ0) is 22.7. The number of rotatable bonds is 7. The minimum atomic E-state index is -0.675. The van der Waals surface area contributed by atoms with Crippen LogP contribution in [0.3, 0.4) is 0 Å². The molecule has 0 aliphatic carbocycles. The number of hydrogen-bond donors (Lipinski definition) is 1. The molecule has 32 heavy (non-hydrogen) atoms. The SMILES string of the molecule is COc1ccc([C@@H]2[C@@H](CCC(=O)c3ccc(F)cc3)OC(=O)N2c2ccccc2)c(O)c1. The maximum Gasteiger partial charge on any atom is 0.415 e. The number of methoxy groups -OCH3 is 1. The highest BCUT2D eigenvalue weighted by molar-refractivity contribution is 5.96. The van der Waals surface area contributed by atoms with Gasteiger partial charge in [-0.15, -0.1) is 0 Å². The number of aromatic hydroxyl groups is 1. The summed E-state index contributed by atoms with van der Waals surface area (Å²) in [6, 6.07) is 18.6. The number of hydrogen-bond acceptors (Lipinski definition) is 5. The minimum Gasteiger partial charge on any atom is -0.507 e. The molecule has 1 saturated heterocycles. The third kappa shape index (κ3) is 4.27. The van der Waals surface area contributed by atoms with Crippen LogP contribution in [0, 0.1) is 5.82 Å². The van der Waals surface area contributed by atoms with Gasteiger partial charge in [0.25, 0.3) is 0 Å². The number of anilines is 1. The van der Waals surface area contributed by atoms with Crippen molar-refractivity contribution < 1.29 is 28.6 Å². The second-order valence-electron chi connectivity index (χ2n) is 7.47. The highest BCUT2D eigenvalue weighted by Crippen LogP contribution is 2.43. The Balaban J connectivity index is 1.63. The van der Waals surface area contributed by atoms with Crippen LogP contribution in [-0.4, -0.2) is 30.2 Å². The first-order chi connectivity index (χ1) is 15.5. The number of phenols is 1. The first kappa shape index (κ1) is 21.4. The molecule has 1 amide bonds. The predicted octanol–water partition coefficient (Wildman–Crippen LogP) is 5.27. The number of benzene rings is 3. The number of carbonyl (C=O) groups excluding carboxylic acids is 2. The van der Waals surface area contributed by atoms with Crippen LogP contribution in [0.15, 0.2) is 72.8 Å². The molecule has 0 radical (unpaired) electrons. The van der Waals surface area contributed by atoms with E-state index in [9.17, 15) is 19.1 Å². The summed E-state index contributed by atoms with van der Waals surface area (Å²) in [4.78, 5) is 26.9. The fourth-order valence-corrected chi connectivity index (χ4v) is 3.90. The molecular formula is C25H22FNO5. The third-order valence-corrected chi connectivity index (χ3v) is 5.49. The van der Waals surface area contributed by atoms with E-state index in [0.717, 1.165) is 0 Å². The van der Waals surface area contributed by atoms with Gasteiger partial charge in [0.1, 0.15) is 29.5 Å². The first-order valence-electron chi connectivity index (χ1n) is 10.2. The number of ketones is 1. The lowest BCUT2D eigenvalue weighted by atomic mass is 9.94. The van der Waals surface area contributed by atoms with Crippen molar-refractivity contribution in [2.24, 2.45) is 0 Å². The average Bonchev–Trinajstić information content (AvgIpc) is 3.14. The predicted molar refractivity (Wildman–Crippen MR) is 117 cm³/mol.